The number of hydrogen-bond donors (Lipinski definition) is 2. The summed E-state index contributed by atoms with van der Waals surface area (Å²) in [6.45, 7) is 2.20. The van der Waals surface area contributed by atoms with Crippen LogP contribution in [0.15, 0.2) is 54.6 Å². The Balaban J connectivity index is 2.16. The fraction of sp³-hybridized carbons (Fsp3) is 0.263. The molecule has 0 aliphatic heterocycles. The van der Waals surface area contributed by atoms with Crippen LogP contribution in [0, 0.1) is 6.92 Å². The summed E-state index contributed by atoms with van der Waals surface area (Å²) in [6.07, 6.45) is 0.275. The van der Waals surface area contributed by atoms with Crippen LogP contribution in [-0.4, -0.2) is 18.4 Å². The molecule has 1 unspecified atom stereocenters. The molecule has 0 aromatic heterocycles. The van der Waals surface area contributed by atoms with Gasteiger partial charge in [-0.25, -0.2) is 0 Å². The van der Waals surface area contributed by atoms with Gasteiger partial charge in [-0.2, -0.15) is 0 Å². The molecule has 0 fully saturated rings. The third-order valence-electron chi connectivity index (χ3n) is 3.82. The van der Waals surface area contributed by atoms with Crippen molar-refractivity contribution in [2.45, 2.75) is 25.8 Å². The fourth-order valence-electron chi connectivity index (χ4n) is 2.53. The Morgan fingerprint density at radius 2 is 1.79 bits per heavy atom. The quantitative estimate of drug-likeness (QED) is 0.818. The zero-order chi connectivity index (χ0) is 17.5. The minimum absolute atomic E-state index is 0.111. The number of nitrogens with zero attached hydrogens (tertiary/aromatic N) is 1. The molecule has 0 aliphatic carbocycles. The highest BCUT2D eigenvalue weighted by atomic mass is 16.2. The van der Waals surface area contributed by atoms with Gasteiger partial charge in [-0.05, 0) is 30.2 Å². The molecule has 24 heavy (non-hydrogen) atoms. The van der Waals surface area contributed by atoms with Crippen LogP contribution < -0.4 is 16.4 Å². The molecule has 0 radical (unpaired) electrons. The second-order valence-electron chi connectivity index (χ2n) is 5.82. The normalized spacial score (nSPS) is 11.8. The van der Waals surface area contributed by atoms with Gasteiger partial charge in [0.15, 0.2) is 0 Å². The summed E-state index contributed by atoms with van der Waals surface area (Å²) >= 11 is 0. The second-order valence-corrected chi connectivity index (χ2v) is 5.82. The molecule has 1 atom stereocenters. The zero-order valence-electron chi connectivity index (χ0n) is 13.8. The second kappa shape index (κ2) is 8.26. The van der Waals surface area contributed by atoms with E-state index in [-0.39, 0.29) is 31.3 Å². The van der Waals surface area contributed by atoms with E-state index in [9.17, 15) is 9.59 Å². The maximum absolute atomic E-state index is 12.7. The molecule has 2 aromatic carbocycles. The first kappa shape index (κ1) is 17.7. The van der Waals surface area contributed by atoms with Crippen molar-refractivity contribution in [2.75, 3.05) is 11.4 Å². The molecule has 0 aliphatic rings. The van der Waals surface area contributed by atoms with Crippen LogP contribution >= 0.6 is 0 Å². The molecule has 0 saturated heterocycles. The molecule has 2 amide bonds. The minimum Gasteiger partial charge on any atom is -0.370 e. The van der Waals surface area contributed by atoms with Gasteiger partial charge in [0.05, 0.1) is 0 Å². The maximum Gasteiger partial charge on any atom is 0.228 e. The third-order valence-corrected chi connectivity index (χ3v) is 3.82. The molecule has 0 saturated carbocycles. The van der Waals surface area contributed by atoms with Gasteiger partial charge in [0.1, 0.15) is 0 Å². The van der Waals surface area contributed by atoms with E-state index < -0.39 is 5.91 Å². The van der Waals surface area contributed by atoms with Crippen LogP contribution in [-0.2, 0) is 9.59 Å². The highest BCUT2D eigenvalue weighted by molar-refractivity contribution is 5.94. The van der Waals surface area contributed by atoms with Crippen molar-refractivity contribution in [3.63, 3.8) is 0 Å². The largest absolute Gasteiger partial charge is 0.370 e. The van der Waals surface area contributed by atoms with Gasteiger partial charge < -0.3 is 16.4 Å². The topological polar surface area (TPSA) is 89.4 Å². The Kier molecular flexibility index (Phi) is 6.09. The number of amides is 2. The molecular formula is C19H23N3O2. The lowest BCUT2D eigenvalue weighted by Crippen LogP contribution is -2.36. The van der Waals surface area contributed by atoms with Crippen molar-refractivity contribution in [1.82, 2.24) is 0 Å². The van der Waals surface area contributed by atoms with Gasteiger partial charge in [-0.1, -0.05) is 42.5 Å². The standard InChI is InChI=1S/C19H23N3O2/c1-14-6-5-9-16(12-14)22(11-10-18(21)23)19(24)13-17(20)15-7-3-2-4-8-15/h2-9,12,17H,10-11,13,20H2,1H3,(H2,21,23). The number of rotatable bonds is 7. The number of aryl methyl sites for hydroxylation is 1. The van der Waals surface area contributed by atoms with Crippen molar-refractivity contribution < 1.29 is 9.59 Å². The van der Waals surface area contributed by atoms with E-state index in [2.05, 4.69) is 0 Å². The number of anilines is 1. The van der Waals surface area contributed by atoms with Crippen molar-refractivity contribution in [2.24, 2.45) is 11.5 Å². The fourth-order valence-corrected chi connectivity index (χ4v) is 2.53. The molecular weight excluding hydrogens is 302 g/mol. The third kappa shape index (κ3) is 4.93. The number of nitrogens with two attached hydrogens (primary N) is 2. The summed E-state index contributed by atoms with van der Waals surface area (Å²) in [7, 11) is 0. The van der Waals surface area contributed by atoms with E-state index in [4.69, 9.17) is 11.5 Å². The van der Waals surface area contributed by atoms with Crippen molar-refractivity contribution in [3.05, 3.63) is 65.7 Å². The summed E-state index contributed by atoms with van der Waals surface area (Å²) < 4.78 is 0. The predicted octanol–water partition coefficient (Wildman–Crippen LogP) is 2.29. The molecule has 0 heterocycles. The average molecular weight is 325 g/mol. The SMILES string of the molecule is Cc1cccc(N(CCC(N)=O)C(=O)CC(N)c2ccccc2)c1. The molecule has 5 nitrogen and oxygen atoms in total. The Labute approximate surface area is 142 Å². The molecule has 126 valence electrons. The zero-order valence-corrected chi connectivity index (χ0v) is 13.8. The molecule has 0 bridgehead atoms. The Morgan fingerprint density at radius 3 is 2.42 bits per heavy atom. The van der Waals surface area contributed by atoms with Gasteiger partial charge in [-0.15, -0.1) is 0 Å². The van der Waals surface area contributed by atoms with Crippen molar-refractivity contribution >= 4 is 17.5 Å². The summed E-state index contributed by atoms with van der Waals surface area (Å²) in [4.78, 5) is 25.5. The number of hydrogen-bond acceptors (Lipinski definition) is 3. The Hall–Kier alpha value is -2.66. The first-order valence-electron chi connectivity index (χ1n) is 7.93. The Bertz CT molecular complexity index is 701. The van der Waals surface area contributed by atoms with Crippen LogP contribution in [0.25, 0.3) is 0 Å². The van der Waals surface area contributed by atoms with E-state index in [1.807, 2.05) is 61.5 Å². The molecule has 2 aromatic rings. The monoisotopic (exact) mass is 325 g/mol. The van der Waals surface area contributed by atoms with Gasteiger partial charge in [0, 0.05) is 31.1 Å². The number of carbonyl (C=O) groups is 2. The summed E-state index contributed by atoms with van der Waals surface area (Å²) in [5.74, 6) is -0.564. The van der Waals surface area contributed by atoms with Crippen molar-refractivity contribution in [1.29, 1.82) is 0 Å². The number of carbonyl (C=O) groups excluding carboxylic acids is 2. The minimum atomic E-state index is -0.437. The molecule has 5 heteroatoms. The Morgan fingerprint density at radius 1 is 1.08 bits per heavy atom. The highest BCUT2D eigenvalue weighted by Gasteiger charge is 2.20. The van der Waals surface area contributed by atoms with Crippen LogP contribution in [0.2, 0.25) is 0 Å². The van der Waals surface area contributed by atoms with E-state index in [1.165, 1.54) is 0 Å². The number of benzene rings is 2. The summed E-state index contributed by atoms with van der Waals surface area (Å²) in [6, 6.07) is 16.7. The lowest BCUT2D eigenvalue weighted by atomic mass is 10.0. The van der Waals surface area contributed by atoms with Crippen LogP contribution in [0.1, 0.15) is 30.0 Å². The molecule has 0 spiro atoms. The van der Waals surface area contributed by atoms with Gasteiger partial charge in [-0.3, -0.25) is 9.59 Å². The molecule has 4 N–H and O–H groups in total. The van der Waals surface area contributed by atoms with Gasteiger partial charge >= 0.3 is 0 Å². The lowest BCUT2D eigenvalue weighted by Gasteiger charge is -2.24. The predicted molar refractivity (Wildman–Crippen MR) is 95.3 cm³/mol. The first-order valence-corrected chi connectivity index (χ1v) is 7.93. The summed E-state index contributed by atoms with van der Waals surface area (Å²) in [5.41, 5.74) is 14.1. The van der Waals surface area contributed by atoms with E-state index in [1.54, 1.807) is 4.90 Å². The smallest absolute Gasteiger partial charge is 0.228 e. The van der Waals surface area contributed by atoms with E-state index in [0.717, 1.165) is 16.8 Å². The average Bonchev–Trinajstić information content (AvgIpc) is 2.55. The van der Waals surface area contributed by atoms with E-state index >= 15 is 0 Å². The van der Waals surface area contributed by atoms with Crippen LogP contribution in [0.3, 0.4) is 0 Å². The highest BCUT2D eigenvalue weighted by Crippen LogP contribution is 2.21. The first-order chi connectivity index (χ1) is 11.5. The van der Waals surface area contributed by atoms with Crippen LogP contribution in [0.5, 0.6) is 0 Å². The van der Waals surface area contributed by atoms with E-state index in [0.29, 0.717) is 0 Å². The molecule has 2 rings (SSSR count). The summed E-state index contributed by atoms with van der Waals surface area (Å²) in [5, 5.41) is 0. The van der Waals surface area contributed by atoms with Crippen molar-refractivity contribution in [3.8, 4) is 0 Å². The number of primary amides is 1. The maximum atomic E-state index is 12.7. The van der Waals surface area contributed by atoms with Gasteiger partial charge in [0.2, 0.25) is 11.8 Å². The van der Waals surface area contributed by atoms with Crippen LogP contribution in [0.4, 0.5) is 5.69 Å². The lowest BCUT2D eigenvalue weighted by molar-refractivity contribution is -0.119. The van der Waals surface area contributed by atoms with Gasteiger partial charge in [0.25, 0.3) is 0 Å².